The van der Waals surface area contributed by atoms with Crippen LogP contribution in [-0.2, 0) is 0 Å². The van der Waals surface area contributed by atoms with Crippen LogP contribution in [0.4, 0.5) is 0 Å². The molecule has 0 atom stereocenters. The summed E-state index contributed by atoms with van der Waals surface area (Å²) in [5.74, 6) is 0. The molecule has 13 aromatic carbocycles. The van der Waals surface area contributed by atoms with E-state index in [4.69, 9.17) is 0 Å². The zero-order chi connectivity index (χ0) is 43.6. The Bertz CT molecular complexity index is 3900. The molecule has 0 aliphatic carbocycles. The summed E-state index contributed by atoms with van der Waals surface area (Å²) in [6, 6.07) is 94.3. The van der Waals surface area contributed by atoms with Crippen LogP contribution in [0.5, 0.6) is 0 Å². The number of fused-ring (bicyclic) bond motifs is 6. The van der Waals surface area contributed by atoms with Crippen molar-refractivity contribution in [1.82, 2.24) is 0 Å². The lowest BCUT2D eigenvalue weighted by atomic mass is 9.79. The molecule has 0 nitrogen and oxygen atoms in total. The van der Waals surface area contributed by atoms with Gasteiger partial charge in [0.05, 0.1) is 0 Å². The smallest absolute Gasteiger partial charge is 0.00139 e. The average molecular weight is 835 g/mol. The van der Waals surface area contributed by atoms with E-state index in [-0.39, 0.29) is 0 Å². The second kappa shape index (κ2) is 15.6. The van der Waals surface area contributed by atoms with Crippen molar-refractivity contribution in [1.29, 1.82) is 0 Å². The van der Waals surface area contributed by atoms with Crippen LogP contribution in [-0.4, -0.2) is 0 Å². The summed E-state index contributed by atoms with van der Waals surface area (Å²) in [5, 5.41) is 14.9. The van der Waals surface area contributed by atoms with Crippen LogP contribution >= 0.6 is 0 Å². The van der Waals surface area contributed by atoms with Gasteiger partial charge in [0.15, 0.2) is 0 Å². The van der Waals surface area contributed by atoms with Gasteiger partial charge in [-0.2, -0.15) is 0 Å². The molecule has 0 unspecified atom stereocenters. The minimum Gasteiger partial charge on any atom is -0.0622 e. The fourth-order valence-corrected chi connectivity index (χ4v) is 10.8. The molecule has 0 amide bonds. The van der Waals surface area contributed by atoms with Gasteiger partial charge in [-0.1, -0.05) is 231 Å². The van der Waals surface area contributed by atoms with E-state index in [0.717, 1.165) is 0 Å². The van der Waals surface area contributed by atoms with Gasteiger partial charge in [0, 0.05) is 0 Å². The summed E-state index contributed by atoms with van der Waals surface area (Å²) in [4.78, 5) is 0. The second-order valence-electron chi connectivity index (χ2n) is 17.5. The van der Waals surface area contributed by atoms with E-state index >= 15 is 0 Å². The summed E-state index contributed by atoms with van der Waals surface area (Å²) < 4.78 is 0. The van der Waals surface area contributed by atoms with Crippen LogP contribution in [0, 0.1) is 0 Å². The van der Waals surface area contributed by atoms with Crippen molar-refractivity contribution in [3.8, 4) is 66.8 Å². The SMILES string of the molecule is c1ccc(-c2ccc(-c3cc4ccccc4cc3-c3c4ccccc4c(-c4c5ccccc5c(-c5cc6ccccc6cc5-c5ccccc5)c5ccccc45)c4ccccc34)cc2)cc1. The average Bonchev–Trinajstić information content (AvgIpc) is 3.39. The third-order valence-electron chi connectivity index (χ3n) is 13.8. The van der Waals surface area contributed by atoms with Gasteiger partial charge >= 0.3 is 0 Å². The van der Waals surface area contributed by atoms with Crippen molar-refractivity contribution in [2.24, 2.45) is 0 Å². The van der Waals surface area contributed by atoms with Crippen molar-refractivity contribution >= 4 is 64.6 Å². The quantitative estimate of drug-likeness (QED) is 0.146. The Labute approximate surface area is 384 Å². The van der Waals surface area contributed by atoms with Gasteiger partial charge in [-0.3, -0.25) is 0 Å². The number of rotatable bonds is 6. The lowest BCUT2D eigenvalue weighted by Gasteiger charge is -2.24. The molecular formula is C66H42. The van der Waals surface area contributed by atoms with Crippen LogP contribution in [0.15, 0.2) is 255 Å². The van der Waals surface area contributed by atoms with E-state index in [9.17, 15) is 0 Å². The number of hydrogen-bond acceptors (Lipinski definition) is 0. The molecule has 13 aromatic rings. The van der Waals surface area contributed by atoms with E-state index in [2.05, 4.69) is 255 Å². The normalized spacial score (nSPS) is 11.6. The van der Waals surface area contributed by atoms with Gasteiger partial charge in [0.2, 0.25) is 0 Å². The van der Waals surface area contributed by atoms with Gasteiger partial charge in [-0.15, -0.1) is 0 Å². The summed E-state index contributed by atoms with van der Waals surface area (Å²) in [6.45, 7) is 0. The van der Waals surface area contributed by atoms with E-state index in [1.165, 1.54) is 131 Å². The maximum absolute atomic E-state index is 2.43. The zero-order valence-electron chi connectivity index (χ0n) is 36.2. The largest absolute Gasteiger partial charge is 0.0622 e. The molecule has 0 N–H and O–H groups in total. The van der Waals surface area contributed by atoms with Gasteiger partial charge in [-0.25, -0.2) is 0 Å². The molecule has 0 saturated carbocycles. The Morgan fingerprint density at radius 2 is 0.379 bits per heavy atom. The maximum atomic E-state index is 2.43. The summed E-state index contributed by atoms with van der Waals surface area (Å²) in [6.07, 6.45) is 0. The monoisotopic (exact) mass is 834 g/mol. The van der Waals surface area contributed by atoms with Gasteiger partial charge in [0.25, 0.3) is 0 Å². The third-order valence-corrected chi connectivity index (χ3v) is 13.8. The molecule has 0 radical (unpaired) electrons. The minimum atomic E-state index is 1.20. The van der Waals surface area contributed by atoms with E-state index in [1.807, 2.05) is 0 Å². The van der Waals surface area contributed by atoms with E-state index in [0.29, 0.717) is 0 Å². The first-order chi connectivity index (χ1) is 32.8. The van der Waals surface area contributed by atoms with E-state index in [1.54, 1.807) is 0 Å². The Hall–Kier alpha value is -8.58. The second-order valence-corrected chi connectivity index (χ2v) is 17.5. The van der Waals surface area contributed by atoms with Gasteiger partial charge in [0.1, 0.15) is 0 Å². The number of hydrogen-bond donors (Lipinski definition) is 0. The molecule has 0 aliphatic rings. The number of benzene rings is 13. The highest BCUT2D eigenvalue weighted by Crippen LogP contribution is 2.52. The van der Waals surface area contributed by atoms with Crippen LogP contribution in [0.2, 0.25) is 0 Å². The first-order valence-corrected chi connectivity index (χ1v) is 22.9. The van der Waals surface area contributed by atoms with Crippen LogP contribution in [0.1, 0.15) is 0 Å². The molecule has 306 valence electrons. The van der Waals surface area contributed by atoms with Crippen molar-refractivity contribution in [3.05, 3.63) is 255 Å². The molecule has 66 heavy (non-hydrogen) atoms. The summed E-state index contributed by atoms with van der Waals surface area (Å²) >= 11 is 0. The Morgan fingerprint density at radius 3 is 0.727 bits per heavy atom. The highest BCUT2D eigenvalue weighted by Gasteiger charge is 2.25. The fraction of sp³-hybridized carbons (Fsp3) is 0. The van der Waals surface area contributed by atoms with Crippen LogP contribution < -0.4 is 0 Å². The van der Waals surface area contributed by atoms with Crippen molar-refractivity contribution < 1.29 is 0 Å². The molecule has 0 heteroatoms. The lowest BCUT2D eigenvalue weighted by Crippen LogP contribution is -1.96. The molecule has 0 heterocycles. The highest BCUT2D eigenvalue weighted by atomic mass is 14.3. The maximum Gasteiger partial charge on any atom is -0.00139 e. The third kappa shape index (κ3) is 6.15. The van der Waals surface area contributed by atoms with Gasteiger partial charge in [-0.05, 0) is 156 Å². The van der Waals surface area contributed by atoms with Crippen molar-refractivity contribution in [2.75, 3.05) is 0 Å². The Kier molecular flexibility index (Phi) is 8.96. The lowest BCUT2D eigenvalue weighted by molar-refractivity contribution is 1.60. The predicted octanol–water partition coefficient (Wildman–Crippen LogP) is 18.6. The molecular weight excluding hydrogens is 793 g/mol. The fourth-order valence-electron chi connectivity index (χ4n) is 10.8. The molecule has 0 saturated heterocycles. The molecule has 0 fully saturated rings. The van der Waals surface area contributed by atoms with Crippen molar-refractivity contribution in [3.63, 3.8) is 0 Å². The molecule has 0 spiro atoms. The summed E-state index contributed by atoms with van der Waals surface area (Å²) in [5.41, 5.74) is 14.8. The molecule has 0 aliphatic heterocycles. The first kappa shape index (κ1) is 37.9. The molecule has 0 aromatic heterocycles. The van der Waals surface area contributed by atoms with Crippen molar-refractivity contribution in [2.45, 2.75) is 0 Å². The highest BCUT2D eigenvalue weighted by molar-refractivity contribution is 6.31. The minimum absolute atomic E-state index is 1.20. The topological polar surface area (TPSA) is 0 Å². The zero-order valence-corrected chi connectivity index (χ0v) is 36.2. The Balaban J connectivity index is 1.12. The standard InChI is InChI=1S/C66H42/c1-3-19-43(20-4-1)44-35-37-46(38-36-44)60-40-48-24-8-10-26-50(48)42-62(60)64-53-29-13-17-33-57(53)66(58-34-18-14-30-54(58)64)65-55-31-15-11-27-51(55)63(52-28-12-16-32-56(52)65)61-41-49-25-9-7-23-47(49)39-59(61)45-21-5-2-6-22-45/h1-42H. The molecule has 0 bridgehead atoms. The van der Waals surface area contributed by atoms with Crippen LogP contribution in [0.3, 0.4) is 0 Å². The molecule has 13 rings (SSSR count). The first-order valence-electron chi connectivity index (χ1n) is 22.9. The summed E-state index contributed by atoms with van der Waals surface area (Å²) in [7, 11) is 0. The van der Waals surface area contributed by atoms with Gasteiger partial charge < -0.3 is 0 Å². The van der Waals surface area contributed by atoms with E-state index < -0.39 is 0 Å². The van der Waals surface area contributed by atoms with Crippen LogP contribution in [0.25, 0.3) is 131 Å². The Morgan fingerprint density at radius 1 is 0.152 bits per heavy atom. The predicted molar refractivity (Wildman–Crippen MR) is 284 cm³/mol.